The predicted molar refractivity (Wildman–Crippen MR) is 121 cm³/mol. The largest absolute Gasteiger partial charge is 0.473 e. The predicted octanol–water partition coefficient (Wildman–Crippen LogP) is 3.51. The van der Waals surface area contributed by atoms with Crippen molar-refractivity contribution < 1.29 is 18.7 Å². The van der Waals surface area contributed by atoms with E-state index in [0.717, 1.165) is 30.3 Å². The molecule has 1 saturated heterocycles. The highest BCUT2D eigenvalue weighted by atomic mass is 32.2. The van der Waals surface area contributed by atoms with Crippen molar-refractivity contribution in [3.63, 3.8) is 0 Å². The Kier molecular flexibility index (Phi) is 9.66. The maximum absolute atomic E-state index is 12.2. The Hall–Kier alpha value is -2.58. The number of nitrogens with zero attached hydrogens (tertiary/aromatic N) is 3. The average molecular weight is 444 g/mol. The van der Waals surface area contributed by atoms with E-state index in [1.54, 1.807) is 24.6 Å². The highest BCUT2D eigenvalue weighted by Gasteiger charge is 2.12. The van der Waals surface area contributed by atoms with Gasteiger partial charge in [0.2, 0.25) is 18.2 Å². The molecular weight excluding hydrogens is 414 g/mol. The van der Waals surface area contributed by atoms with Gasteiger partial charge in [-0.05, 0) is 55.8 Å². The van der Waals surface area contributed by atoms with E-state index in [2.05, 4.69) is 9.88 Å². The van der Waals surface area contributed by atoms with E-state index >= 15 is 0 Å². The fourth-order valence-electron chi connectivity index (χ4n) is 3.31. The van der Waals surface area contributed by atoms with Crippen LogP contribution in [0.1, 0.15) is 30.6 Å². The van der Waals surface area contributed by atoms with Crippen LogP contribution in [-0.4, -0.2) is 59.1 Å². The van der Waals surface area contributed by atoms with Crippen molar-refractivity contribution in [2.45, 2.75) is 31.6 Å². The van der Waals surface area contributed by atoms with Crippen molar-refractivity contribution >= 4 is 24.1 Å². The number of pyridine rings is 1. The van der Waals surface area contributed by atoms with Gasteiger partial charge in [-0.1, -0.05) is 12.5 Å². The molecule has 3 heterocycles. The number of piperidine rings is 1. The van der Waals surface area contributed by atoms with Gasteiger partial charge in [0.05, 0.1) is 17.8 Å². The van der Waals surface area contributed by atoms with Gasteiger partial charge in [-0.25, -0.2) is 4.98 Å². The smallest absolute Gasteiger partial charge is 0.239 e. The van der Waals surface area contributed by atoms with Gasteiger partial charge in [0, 0.05) is 25.4 Å². The van der Waals surface area contributed by atoms with E-state index in [-0.39, 0.29) is 18.2 Å². The maximum atomic E-state index is 12.2. The van der Waals surface area contributed by atoms with Crippen molar-refractivity contribution in [1.29, 1.82) is 0 Å². The van der Waals surface area contributed by atoms with E-state index in [1.807, 2.05) is 24.3 Å². The third-order valence-corrected chi connectivity index (χ3v) is 5.89. The van der Waals surface area contributed by atoms with Crippen molar-refractivity contribution in [3.8, 4) is 5.88 Å². The highest BCUT2D eigenvalue weighted by molar-refractivity contribution is 7.99. The molecule has 0 unspecified atom stereocenters. The first-order chi connectivity index (χ1) is 15.2. The second-order valence-corrected chi connectivity index (χ2v) is 8.33. The molecule has 0 saturated carbocycles. The molecule has 0 radical (unpaired) electrons. The van der Waals surface area contributed by atoms with E-state index < -0.39 is 0 Å². The number of rotatable bonds is 12. The van der Waals surface area contributed by atoms with Gasteiger partial charge in [-0.15, -0.1) is 11.8 Å². The normalized spacial score (nSPS) is 14.6. The molecule has 0 aromatic carbocycles. The third-order valence-electron chi connectivity index (χ3n) is 4.95. The van der Waals surface area contributed by atoms with Crippen LogP contribution in [0.3, 0.4) is 0 Å². The standard InChI is InChI=1S/C23H29N3O4S/c27-19-26(23(28)18-31-17-21-7-6-14-29-21)12-4-5-13-30-22-15-20(8-9-24-22)16-25-10-2-1-3-11-25/h4-9,14-15,19H,1-3,10-13,16-18H2/b5-4-. The van der Waals surface area contributed by atoms with Crippen LogP contribution in [-0.2, 0) is 21.9 Å². The SMILES string of the molecule is O=CN(C/C=C\COc1cc(CN2CCCCC2)ccn1)C(=O)CSCc1ccco1. The lowest BCUT2D eigenvalue weighted by atomic mass is 10.1. The van der Waals surface area contributed by atoms with E-state index in [4.69, 9.17) is 9.15 Å². The molecule has 7 nitrogen and oxygen atoms in total. The zero-order valence-electron chi connectivity index (χ0n) is 17.7. The van der Waals surface area contributed by atoms with Crippen molar-refractivity contribution in [1.82, 2.24) is 14.8 Å². The molecule has 0 bridgehead atoms. The number of likely N-dealkylation sites (tertiary alicyclic amines) is 1. The fourth-order valence-corrected chi connectivity index (χ4v) is 4.12. The topological polar surface area (TPSA) is 75.9 Å². The minimum absolute atomic E-state index is 0.218. The summed E-state index contributed by atoms with van der Waals surface area (Å²) in [5, 5.41) is 0. The number of carbonyl (C=O) groups is 2. The van der Waals surface area contributed by atoms with Crippen LogP contribution >= 0.6 is 11.8 Å². The molecule has 0 N–H and O–H groups in total. The minimum Gasteiger partial charge on any atom is -0.473 e. The van der Waals surface area contributed by atoms with Gasteiger partial charge in [0.25, 0.3) is 0 Å². The second-order valence-electron chi connectivity index (χ2n) is 7.35. The third kappa shape index (κ3) is 8.22. The summed E-state index contributed by atoms with van der Waals surface area (Å²) in [7, 11) is 0. The molecular formula is C23H29N3O4S. The summed E-state index contributed by atoms with van der Waals surface area (Å²) in [6.45, 7) is 3.76. The summed E-state index contributed by atoms with van der Waals surface area (Å²) in [5.41, 5.74) is 1.20. The number of amides is 2. The summed E-state index contributed by atoms with van der Waals surface area (Å²) >= 11 is 1.41. The van der Waals surface area contributed by atoms with E-state index in [1.165, 1.54) is 36.6 Å². The van der Waals surface area contributed by atoms with Gasteiger partial charge in [0.1, 0.15) is 12.4 Å². The molecule has 31 heavy (non-hydrogen) atoms. The number of hydrogen-bond donors (Lipinski definition) is 0. The first-order valence-electron chi connectivity index (χ1n) is 10.5. The molecule has 2 aromatic rings. The fraction of sp³-hybridized carbons (Fsp3) is 0.435. The summed E-state index contributed by atoms with van der Waals surface area (Å²) in [6, 6.07) is 7.66. The van der Waals surface area contributed by atoms with Crippen molar-refractivity contribution in [2.24, 2.45) is 0 Å². The first kappa shape index (κ1) is 23.1. The number of furan rings is 1. The molecule has 8 heteroatoms. The van der Waals surface area contributed by atoms with Crippen LogP contribution in [0.4, 0.5) is 0 Å². The molecule has 3 rings (SSSR count). The molecule has 0 aliphatic carbocycles. The maximum Gasteiger partial charge on any atom is 0.239 e. The van der Waals surface area contributed by atoms with Gasteiger partial charge >= 0.3 is 0 Å². The lowest BCUT2D eigenvalue weighted by molar-refractivity contribution is -0.135. The Balaban J connectivity index is 1.36. The Morgan fingerprint density at radius 3 is 2.90 bits per heavy atom. The molecule has 1 aliphatic heterocycles. The van der Waals surface area contributed by atoms with Crippen LogP contribution in [0.2, 0.25) is 0 Å². The number of imide groups is 1. The highest BCUT2D eigenvalue weighted by Crippen LogP contribution is 2.16. The van der Waals surface area contributed by atoms with Crippen molar-refractivity contribution in [3.05, 3.63) is 60.2 Å². The van der Waals surface area contributed by atoms with Crippen LogP contribution in [0.5, 0.6) is 5.88 Å². The van der Waals surface area contributed by atoms with Gasteiger partial charge in [-0.2, -0.15) is 0 Å². The van der Waals surface area contributed by atoms with Gasteiger partial charge < -0.3 is 9.15 Å². The summed E-state index contributed by atoms with van der Waals surface area (Å²) in [4.78, 5) is 31.2. The number of aromatic nitrogens is 1. The monoisotopic (exact) mass is 443 g/mol. The zero-order chi connectivity index (χ0) is 21.7. The summed E-state index contributed by atoms with van der Waals surface area (Å²) < 4.78 is 10.9. The van der Waals surface area contributed by atoms with E-state index in [9.17, 15) is 9.59 Å². The number of hydrogen-bond acceptors (Lipinski definition) is 7. The number of ether oxygens (including phenoxy) is 1. The van der Waals surface area contributed by atoms with Gasteiger partial charge in [-0.3, -0.25) is 19.4 Å². The second kappa shape index (κ2) is 13.0. The number of thioether (sulfide) groups is 1. The molecule has 0 atom stereocenters. The molecule has 0 spiro atoms. The number of carbonyl (C=O) groups excluding carboxylic acids is 2. The minimum atomic E-state index is -0.232. The van der Waals surface area contributed by atoms with E-state index in [0.29, 0.717) is 24.6 Å². The molecule has 166 valence electrons. The lowest BCUT2D eigenvalue weighted by Gasteiger charge is -2.26. The molecule has 2 amide bonds. The Bertz CT molecular complexity index is 835. The quantitative estimate of drug-likeness (QED) is 0.367. The summed E-state index contributed by atoms with van der Waals surface area (Å²) in [5.74, 6) is 1.97. The summed E-state index contributed by atoms with van der Waals surface area (Å²) in [6.07, 6.45) is 11.3. The molecule has 2 aromatic heterocycles. The zero-order valence-corrected chi connectivity index (χ0v) is 18.5. The Labute approximate surface area is 187 Å². The van der Waals surface area contributed by atoms with Gasteiger partial charge in [0.15, 0.2) is 0 Å². The molecule has 1 aliphatic rings. The first-order valence-corrected chi connectivity index (χ1v) is 11.7. The van der Waals surface area contributed by atoms with Crippen molar-refractivity contribution in [2.75, 3.05) is 32.0 Å². The van der Waals surface area contributed by atoms with Crippen LogP contribution in [0.25, 0.3) is 0 Å². The van der Waals surface area contributed by atoms with Crippen LogP contribution < -0.4 is 4.74 Å². The average Bonchev–Trinajstić information content (AvgIpc) is 3.31. The Morgan fingerprint density at radius 2 is 2.13 bits per heavy atom. The lowest BCUT2D eigenvalue weighted by Crippen LogP contribution is -2.31. The Morgan fingerprint density at radius 1 is 1.26 bits per heavy atom. The van der Waals surface area contributed by atoms with Crippen LogP contribution in [0, 0.1) is 0 Å². The van der Waals surface area contributed by atoms with Crippen LogP contribution in [0.15, 0.2) is 53.3 Å². The molecule has 1 fully saturated rings.